The van der Waals surface area contributed by atoms with Crippen LogP contribution in [-0.2, 0) is 6.54 Å². The highest BCUT2D eigenvalue weighted by Gasteiger charge is 2.23. The third-order valence-electron chi connectivity index (χ3n) is 5.43. The molecule has 0 radical (unpaired) electrons. The van der Waals surface area contributed by atoms with Crippen LogP contribution in [0.5, 0.6) is 0 Å². The van der Waals surface area contributed by atoms with Gasteiger partial charge in [-0.2, -0.15) is 0 Å². The van der Waals surface area contributed by atoms with Crippen LogP contribution >= 0.6 is 11.6 Å². The van der Waals surface area contributed by atoms with Crippen molar-refractivity contribution in [3.8, 4) is 0 Å². The Hall–Kier alpha value is -2.40. The highest BCUT2D eigenvalue weighted by atomic mass is 35.5. The van der Waals surface area contributed by atoms with Gasteiger partial charge in [-0.15, -0.1) is 0 Å². The fraction of sp³-hybridized carbons (Fsp3) is 0.261. The van der Waals surface area contributed by atoms with Crippen LogP contribution in [0.25, 0.3) is 17.0 Å². The van der Waals surface area contributed by atoms with E-state index in [1.807, 2.05) is 6.07 Å². The maximum Gasteiger partial charge on any atom is 0.201 e. The molecule has 4 rings (SSSR count). The molecule has 0 bridgehead atoms. The molecule has 2 heterocycles. The molecule has 0 saturated carbocycles. The van der Waals surface area contributed by atoms with Gasteiger partial charge in [0.05, 0.1) is 17.5 Å². The highest BCUT2D eigenvalue weighted by Crippen LogP contribution is 2.16. The summed E-state index contributed by atoms with van der Waals surface area (Å²) >= 11 is 6.04. The zero-order valence-electron chi connectivity index (χ0n) is 15.8. The minimum Gasteiger partial charge on any atom is -0.464 e. The van der Waals surface area contributed by atoms with Crippen molar-refractivity contribution in [3.63, 3.8) is 0 Å². The first-order valence-corrected chi connectivity index (χ1v) is 10.2. The molecule has 1 aliphatic heterocycles. The number of quaternary nitrogens is 2. The van der Waals surface area contributed by atoms with E-state index in [0.29, 0.717) is 22.5 Å². The summed E-state index contributed by atoms with van der Waals surface area (Å²) in [6, 6.07) is 15.6. The van der Waals surface area contributed by atoms with E-state index in [4.69, 9.17) is 16.0 Å². The van der Waals surface area contributed by atoms with Gasteiger partial charge in [0.25, 0.3) is 0 Å². The van der Waals surface area contributed by atoms with Crippen molar-refractivity contribution < 1.29 is 14.2 Å². The molecule has 1 fully saturated rings. The highest BCUT2D eigenvalue weighted by molar-refractivity contribution is 6.31. The predicted octanol–water partition coefficient (Wildman–Crippen LogP) is 1.44. The predicted molar refractivity (Wildman–Crippen MR) is 113 cm³/mol. The van der Waals surface area contributed by atoms with Crippen LogP contribution in [0.3, 0.4) is 0 Å². The van der Waals surface area contributed by atoms with Gasteiger partial charge in [0.2, 0.25) is 5.43 Å². The van der Waals surface area contributed by atoms with Crippen LogP contribution in [0, 0.1) is 0 Å². The standard InChI is InChI=1S/C23H23ClN2O2/c24-20-8-9-22-21(15-20)23(27)19(17-28-22)16-26-13-11-25(12-14-26)10-4-7-18-5-2-1-3-6-18/h1-9,15,17H,10-14,16H2/p+2/b7-4+. The first-order valence-electron chi connectivity index (χ1n) is 9.78. The number of fused-ring (bicyclic) bond motifs is 1. The summed E-state index contributed by atoms with van der Waals surface area (Å²) in [4.78, 5) is 15.8. The first-order chi connectivity index (χ1) is 13.7. The second-order valence-corrected chi connectivity index (χ2v) is 7.86. The molecule has 5 heteroatoms. The lowest BCUT2D eigenvalue weighted by molar-refractivity contribution is -1.02. The van der Waals surface area contributed by atoms with E-state index in [1.165, 1.54) is 10.5 Å². The molecule has 144 valence electrons. The third-order valence-corrected chi connectivity index (χ3v) is 5.66. The van der Waals surface area contributed by atoms with Gasteiger partial charge in [-0.05, 0) is 29.8 Å². The molecule has 0 amide bonds. The lowest BCUT2D eigenvalue weighted by Gasteiger charge is -2.28. The third kappa shape index (κ3) is 4.53. The zero-order valence-corrected chi connectivity index (χ0v) is 16.5. The molecular weight excluding hydrogens is 372 g/mol. The molecule has 0 aliphatic carbocycles. The Morgan fingerprint density at radius 1 is 1.00 bits per heavy atom. The summed E-state index contributed by atoms with van der Waals surface area (Å²) in [7, 11) is 0. The summed E-state index contributed by atoms with van der Waals surface area (Å²) in [5.74, 6) is 0. The Morgan fingerprint density at radius 2 is 1.75 bits per heavy atom. The van der Waals surface area contributed by atoms with Crippen molar-refractivity contribution in [3.05, 3.63) is 87.2 Å². The summed E-state index contributed by atoms with van der Waals surface area (Å²) in [5.41, 5.74) is 2.61. The maximum absolute atomic E-state index is 12.7. The minimum absolute atomic E-state index is 0.0387. The van der Waals surface area contributed by atoms with Crippen LogP contribution < -0.4 is 15.2 Å². The van der Waals surface area contributed by atoms with Gasteiger partial charge in [0.1, 0.15) is 44.6 Å². The van der Waals surface area contributed by atoms with E-state index < -0.39 is 0 Å². The summed E-state index contributed by atoms with van der Waals surface area (Å²) in [5, 5.41) is 1.13. The zero-order chi connectivity index (χ0) is 19.3. The number of rotatable bonds is 5. The number of nitrogens with one attached hydrogen (secondary N) is 2. The number of piperazine rings is 1. The van der Waals surface area contributed by atoms with Crippen molar-refractivity contribution in [2.75, 3.05) is 32.7 Å². The van der Waals surface area contributed by atoms with Gasteiger partial charge in [-0.25, -0.2) is 0 Å². The van der Waals surface area contributed by atoms with Crippen molar-refractivity contribution in [2.24, 2.45) is 0 Å². The van der Waals surface area contributed by atoms with Gasteiger partial charge in [0, 0.05) is 5.02 Å². The summed E-state index contributed by atoms with van der Waals surface area (Å²) in [6.45, 7) is 6.08. The molecule has 2 N–H and O–H groups in total. The van der Waals surface area contributed by atoms with E-state index in [9.17, 15) is 4.79 Å². The topological polar surface area (TPSA) is 39.1 Å². The van der Waals surface area contributed by atoms with Crippen molar-refractivity contribution in [1.29, 1.82) is 0 Å². The molecule has 28 heavy (non-hydrogen) atoms. The Labute approximate surface area is 169 Å². The lowest BCUT2D eigenvalue weighted by Crippen LogP contribution is -3.27. The first kappa shape index (κ1) is 18.9. The Kier molecular flexibility index (Phi) is 5.91. The van der Waals surface area contributed by atoms with E-state index in [-0.39, 0.29) is 5.43 Å². The van der Waals surface area contributed by atoms with Gasteiger partial charge in [-0.3, -0.25) is 4.79 Å². The van der Waals surface area contributed by atoms with Crippen molar-refractivity contribution in [2.45, 2.75) is 6.54 Å². The number of benzene rings is 2. The maximum atomic E-state index is 12.7. The molecule has 0 atom stereocenters. The normalized spacial score (nSPS) is 20.0. The minimum atomic E-state index is 0.0387. The quantitative estimate of drug-likeness (QED) is 0.685. The smallest absolute Gasteiger partial charge is 0.201 e. The molecule has 3 aromatic rings. The van der Waals surface area contributed by atoms with Gasteiger partial charge < -0.3 is 14.2 Å². The molecule has 0 spiro atoms. The largest absolute Gasteiger partial charge is 0.464 e. The average molecular weight is 397 g/mol. The lowest BCUT2D eigenvalue weighted by atomic mass is 10.1. The average Bonchev–Trinajstić information content (AvgIpc) is 2.72. The molecular formula is C23H25ClN2O2+2. The molecule has 1 aliphatic rings. The Balaban J connectivity index is 1.33. The van der Waals surface area contributed by atoms with E-state index in [2.05, 4.69) is 36.4 Å². The second-order valence-electron chi connectivity index (χ2n) is 7.42. The summed E-state index contributed by atoms with van der Waals surface area (Å²) in [6.07, 6.45) is 6.07. The van der Waals surface area contributed by atoms with Gasteiger partial charge in [0.15, 0.2) is 0 Å². The van der Waals surface area contributed by atoms with Crippen LogP contribution in [-0.4, -0.2) is 32.7 Å². The Bertz CT molecular complexity index is 1020. The second kappa shape index (κ2) is 8.74. The van der Waals surface area contributed by atoms with Gasteiger partial charge >= 0.3 is 0 Å². The molecule has 1 saturated heterocycles. The monoisotopic (exact) mass is 396 g/mol. The van der Waals surface area contributed by atoms with E-state index in [0.717, 1.165) is 38.3 Å². The van der Waals surface area contributed by atoms with E-state index in [1.54, 1.807) is 29.4 Å². The Morgan fingerprint density at radius 3 is 2.54 bits per heavy atom. The summed E-state index contributed by atoms with van der Waals surface area (Å²) < 4.78 is 5.65. The van der Waals surface area contributed by atoms with Crippen LogP contribution in [0.1, 0.15) is 11.1 Å². The molecule has 2 aromatic carbocycles. The van der Waals surface area contributed by atoms with Crippen molar-refractivity contribution in [1.82, 2.24) is 0 Å². The number of hydrogen-bond donors (Lipinski definition) is 2. The number of hydrogen-bond acceptors (Lipinski definition) is 2. The molecule has 4 nitrogen and oxygen atoms in total. The van der Waals surface area contributed by atoms with Crippen LogP contribution in [0.4, 0.5) is 0 Å². The van der Waals surface area contributed by atoms with Crippen LogP contribution in [0.15, 0.2) is 70.1 Å². The fourth-order valence-corrected chi connectivity index (χ4v) is 3.97. The van der Waals surface area contributed by atoms with Crippen molar-refractivity contribution >= 4 is 28.6 Å². The molecule has 0 unspecified atom stereocenters. The van der Waals surface area contributed by atoms with E-state index >= 15 is 0 Å². The SMILES string of the molecule is O=c1c(C[NH+]2CC[NH+](C/C=C/c3ccccc3)CC2)coc2ccc(Cl)cc12. The van der Waals surface area contributed by atoms with Crippen LogP contribution in [0.2, 0.25) is 5.02 Å². The fourth-order valence-electron chi connectivity index (χ4n) is 3.80. The van der Waals surface area contributed by atoms with Gasteiger partial charge in [-0.1, -0.05) is 48.0 Å². The number of halogens is 1. The molecule has 1 aromatic heterocycles.